The van der Waals surface area contributed by atoms with Gasteiger partial charge in [-0.2, -0.15) is 0 Å². The highest BCUT2D eigenvalue weighted by atomic mass is 19.1. The number of para-hydroxylation sites is 1. The third kappa shape index (κ3) is 1.63. The molecule has 0 fully saturated rings. The number of hydrogen-bond donors (Lipinski definition) is 2. The monoisotopic (exact) mass is 170 g/mol. The molecule has 4 nitrogen and oxygen atoms in total. The number of carbonyl (C=O) groups excluding carboxylic acids is 1. The molecule has 4 N–H and O–H groups in total. The van der Waals surface area contributed by atoms with Crippen LogP contribution in [-0.2, 0) is 0 Å². The van der Waals surface area contributed by atoms with Gasteiger partial charge in [-0.3, -0.25) is 0 Å². The molecule has 1 aromatic rings. The molecule has 5 heteroatoms. The number of benzene rings is 1. The number of halogens is 1. The zero-order valence-corrected chi connectivity index (χ0v) is 6.08. The van der Waals surface area contributed by atoms with Crippen molar-refractivity contribution in [2.45, 2.75) is 0 Å². The molecule has 1 rings (SSSR count). The predicted octanol–water partition coefficient (Wildman–Crippen LogP) is 0.865. The van der Waals surface area contributed by atoms with Crippen LogP contribution in [0.25, 0.3) is 0 Å². The maximum atomic E-state index is 12.8. The normalized spacial score (nSPS) is 9.42. The van der Waals surface area contributed by atoms with Gasteiger partial charge in [0.15, 0.2) is 11.6 Å². The Bertz CT molecular complexity index is 294. The first kappa shape index (κ1) is 8.32. The lowest BCUT2D eigenvalue weighted by molar-refractivity contribution is 0.209. The zero-order chi connectivity index (χ0) is 9.14. The fraction of sp³-hybridized carbons (Fsp3) is 0. The van der Waals surface area contributed by atoms with Crippen LogP contribution >= 0.6 is 0 Å². The van der Waals surface area contributed by atoms with Gasteiger partial charge in [0.25, 0.3) is 0 Å². The summed E-state index contributed by atoms with van der Waals surface area (Å²) < 4.78 is 17.1. The first-order chi connectivity index (χ1) is 5.61. The molecule has 0 bridgehead atoms. The van der Waals surface area contributed by atoms with Crippen LogP contribution in [0.5, 0.6) is 5.75 Å². The van der Waals surface area contributed by atoms with E-state index in [0.29, 0.717) is 0 Å². The Morgan fingerprint density at radius 2 is 2.17 bits per heavy atom. The van der Waals surface area contributed by atoms with Gasteiger partial charge in [0, 0.05) is 0 Å². The molecule has 0 aromatic heterocycles. The van der Waals surface area contributed by atoms with Crippen molar-refractivity contribution in [3.8, 4) is 5.75 Å². The highest BCUT2D eigenvalue weighted by Gasteiger charge is 2.09. The minimum atomic E-state index is -1.09. The molecule has 0 atom stereocenters. The Hall–Kier alpha value is -1.78. The molecule has 1 amide bonds. The van der Waals surface area contributed by atoms with E-state index in [9.17, 15) is 9.18 Å². The van der Waals surface area contributed by atoms with Crippen molar-refractivity contribution in [3.63, 3.8) is 0 Å². The van der Waals surface area contributed by atoms with Crippen molar-refractivity contribution in [2.24, 2.45) is 5.73 Å². The van der Waals surface area contributed by atoms with Gasteiger partial charge in [0.05, 0.1) is 5.69 Å². The van der Waals surface area contributed by atoms with E-state index in [1.54, 1.807) is 0 Å². The van der Waals surface area contributed by atoms with Gasteiger partial charge >= 0.3 is 6.09 Å². The van der Waals surface area contributed by atoms with E-state index in [4.69, 9.17) is 5.73 Å². The molecule has 0 saturated heterocycles. The summed E-state index contributed by atoms with van der Waals surface area (Å²) in [5, 5.41) is 0. The number of amides is 1. The van der Waals surface area contributed by atoms with Crippen molar-refractivity contribution in [2.75, 3.05) is 5.73 Å². The standard InChI is InChI=1S/C7H7FN2O2/c8-4-2-1-3-5(9)6(4)12-7(10)11/h1-3H,9H2,(H2,10,11). The Labute approximate surface area is 67.9 Å². The lowest BCUT2D eigenvalue weighted by Gasteiger charge is -2.04. The van der Waals surface area contributed by atoms with Gasteiger partial charge in [-0.1, -0.05) is 6.07 Å². The molecule has 0 aliphatic carbocycles. The third-order valence-corrected chi connectivity index (χ3v) is 1.20. The van der Waals surface area contributed by atoms with Gasteiger partial charge in [-0.05, 0) is 12.1 Å². The quantitative estimate of drug-likeness (QED) is 0.613. The van der Waals surface area contributed by atoms with Crippen LogP contribution in [0.3, 0.4) is 0 Å². The molecule has 0 radical (unpaired) electrons. The largest absolute Gasteiger partial charge is 0.410 e. The van der Waals surface area contributed by atoms with E-state index < -0.39 is 11.9 Å². The van der Waals surface area contributed by atoms with E-state index in [0.717, 1.165) is 6.07 Å². The maximum absolute atomic E-state index is 12.8. The summed E-state index contributed by atoms with van der Waals surface area (Å²) >= 11 is 0. The minimum Gasteiger partial charge on any atom is -0.405 e. The van der Waals surface area contributed by atoms with Gasteiger partial charge in [-0.15, -0.1) is 0 Å². The van der Waals surface area contributed by atoms with Crippen LogP contribution in [0.4, 0.5) is 14.9 Å². The molecule has 0 aliphatic heterocycles. The molecular weight excluding hydrogens is 163 g/mol. The molecule has 1 aromatic carbocycles. The van der Waals surface area contributed by atoms with Crippen LogP contribution in [0.15, 0.2) is 18.2 Å². The molecule has 0 unspecified atom stereocenters. The molecule has 0 aliphatic rings. The summed E-state index contributed by atoms with van der Waals surface area (Å²) in [6.07, 6.45) is -1.09. The Morgan fingerprint density at radius 1 is 1.50 bits per heavy atom. The van der Waals surface area contributed by atoms with Gasteiger partial charge in [-0.25, -0.2) is 9.18 Å². The highest BCUT2D eigenvalue weighted by molar-refractivity contribution is 5.71. The fourth-order valence-electron chi connectivity index (χ4n) is 0.734. The number of rotatable bonds is 1. The lowest BCUT2D eigenvalue weighted by atomic mass is 10.3. The number of carbonyl (C=O) groups is 1. The second-order valence-corrected chi connectivity index (χ2v) is 2.08. The van der Waals surface area contributed by atoms with E-state index >= 15 is 0 Å². The van der Waals surface area contributed by atoms with Gasteiger partial charge in [0.1, 0.15) is 0 Å². The average Bonchev–Trinajstić information content (AvgIpc) is 1.97. The number of nitrogens with two attached hydrogens (primary N) is 2. The Balaban J connectivity index is 3.04. The van der Waals surface area contributed by atoms with Gasteiger partial charge < -0.3 is 16.2 Å². The molecule has 64 valence electrons. The van der Waals surface area contributed by atoms with Crippen molar-refractivity contribution in [3.05, 3.63) is 24.0 Å². The second-order valence-electron chi connectivity index (χ2n) is 2.08. The number of primary amides is 1. The highest BCUT2D eigenvalue weighted by Crippen LogP contribution is 2.24. The Morgan fingerprint density at radius 3 is 2.67 bits per heavy atom. The van der Waals surface area contributed by atoms with Gasteiger partial charge in [0.2, 0.25) is 0 Å². The van der Waals surface area contributed by atoms with Crippen molar-refractivity contribution < 1.29 is 13.9 Å². The summed E-state index contributed by atoms with van der Waals surface area (Å²) in [5.74, 6) is -1.04. The van der Waals surface area contributed by atoms with Crippen LogP contribution in [0.1, 0.15) is 0 Å². The van der Waals surface area contributed by atoms with Crippen molar-refractivity contribution >= 4 is 11.8 Å². The maximum Gasteiger partial charge on any atom is 0.410 e. The van der Waals surface area contributed by atoms with Crippen LogP contribution in [-0.4, -0.2) is 6.09 Å². The summed E-state index contributed by atoms with van der Waals surface area (Å²) in [6, 6.07) is 3.93. The molecule has 0 saturated carbocycles. The first-order valence-corrected chi connectivity index (χ1v) is 3.12. The summed E-state index contributed by atoms with van der Waals surface area (Å²) in [6.45, 7) is 0. The average molecular weight is 170 g/mol. The molecule has 12 heavy (non-hydrogen) atoms. The smallest absolute Gasteiger partial charge is 0.405 e. The third-order valence-electron chi connectivity index (χ3n) is 1.20. The predicted molar refractivity (Wildman–Crippen MR) is 41.0 cm³/mol. The van der Waals surface area contributed by atoms with Crippen LogP contribution in [0.2, 0.25) is 0 Å². The van der Waals surface area contributed by atoms with E-state index in [2.05, 4.69) is 10.5 Å². The minimum absolute atomic E-state index is 0.0359. The summed E-state index contributed by atoms with van der Waals surface area (Å²) in [4.78, 5) is 10.3. The van der Waals surface area contributed by atoms with E-state index in [1.807, 2.05) is 0 Å². The lowest BCUT2D eigenvalue weighted by Crippen LogP contribution is -2.17. The summed E-state index contributed by atoms with van der Waals surface area (Å²) in [5.41, 5.74) is 10.0. The number of anilines is 1. The topological polar surface area (TPSA) is 78.3 Å². The number of nitrogen functional groups attached to an aromatic ring is 1. The first-order valence-electron chi connectivity index (χ1n) is 3.12. The molecule has 0 heterocycles. The molecular formula is C7H7FN2O2. The number of ether oxygens (including phenoxy) is 1. The van der Waals surface area contributed by atoms with Crippen molar-refractivity contribution in [1.29, 1.82) is 0 Å². The van der Waals surface area contributed by atoms with Crippen LogP contribution in [0, 0.1) is 5.82 Å². The van der Waals surface area contributed by atoms with E-state index in [1.165, 1.54) is 12.1 Å². The Kier molecular flexibility index (Phi) is 2.14. The van der Waals surface area contributed by atoms with Crippen LogP contribution < -0.4 is 16.2 Å². The molecule has 0 spiro atoms. The fourth-order valence-corrected chi connectivity index (χ4v) is 0.734. The summed E-state index contributed by atoms with van der Waals surface area (Å²) in [7, 11) is 0. The number of hydrogen-bond acceptors (Lipinski definition) is 3. The SMILES string of the molecule is NC(=O)Oc1c(N)cccc1F. The van der Waals surface area contributed by atoms with E-state index in [-0.39, 0.29) is 11.4 Å². The zero-order valence-electron chi connectivity index (χ0n) is 6.08. The second kappa shape index (κ2) is 3.08. The van der Waals surface area contributed by atoms with Crippen molar-refractivity contribution in [1.82, 2.24) is 0 Å².